The highest BCUT2D eigenvalue weighted by Gasteiger charge is 2.31. The fourth-order valence-electron chi connectivity index (χ4n) is 1.84. The number of hydrazone groups is 1. The Labute approximate surface area is 112 Å². The molecule has 5 heteroatoms. The maximum absolute atomic E-state index is 11.9. The molecule has 0 bridgehead atoms. The van der Waals surface area contributed by atoms with Crippen molar-refractivity contribution >= 4 is 17.2 Å². The van der Waals surface area contributed by atoms with Crippen LogP contribution in [0.2, 0.25) is 0 Å². The van der Waals surface area contributed by atoms with Crippen LogP contribution in [0, 0.1) is 0 Å². The van der Waals surface area contributed by atoms with E-state index in [1.54, 1.807) is 7.11 Å². The highest BCUT2D eigenvalue weighted by molar-refractivity contribution is 6.41. The van der Waals surface area contributed by atoms with E-state index >= 15 is 0 Å². The molecule has 0 amide bonds. The number of rotatable bonds is 3. The molecule has 0 radical (unpaired) electrons. The Morgan fingerprint density at radius 1 is 1.37 bits per heavy atom. The van der Waals surface area contributed by atoms with Crippen molar-refractivity contribution in [2.75, 3.05) is 19.1 Å². The third-order valence-electron chi connectivity index (χ3n) is 2.93. The third-order valence-corrected chi connectivity index (χ3v) is 2.93. The van der Waals surface area contributed by atoms with Crippen LogP contribution in [0.4, 0.5) is 5.69 Å². The minimum atomic E-state index is -0.402. The second kappa shape index (κ2) is 5.40. The lowest BCUT2D eigenvalue weighted by Crippen LogP contribution is -2.40. The number of ketones is 1. The SMILES string of the molecule is COc1ccccc1NN=C1COC(C)(C)CC1=O. The lowest BCUT2D eigenvalue weighted by molar-refractivity contribution is -0.122. The zero-order chi connectivity index (χ0) is 13.9. The molecular formula is C14H18N2O3. The molecular weight excluding hydrogens is 244 g/mol. The average Bonchev–Trinajstić information content (AvgIpc) is 2.37. The lowest BCUT2D eigenvalue weighted by Gasteiger charge is -2.29. The monoisotopic (exact) mass is 262 g/mol. The van der Waals surface area contributed by atoms with Gasteiger partial charge in [0.25, 0.3) is 0 Å². The summed E-state index contributed by atoms with van der Waals surface area (Å²) in [6, 6.07) is 7.40. The van der Waals surface area contributed by atoms with Crippen LogP contribution in [-0.2, 0) is 9.53 Å². The van der Waals surface area contributed by atoms with E-state index in [1.807, 2.05) is 38.1 Å². The molecule has 102 valence electrons. The summed E-state index contributed by atoms with van der Waals surface area (Å²) in [5.74, 6) is 0.690. The number of carbonyl (C=O) groups is 1. The zero-order valence-electron chi connectivity index (χ0n) is 11.4. The number of hydrogen-bond acceptors (Lipinski definition) is 5. The number of benzene rings is 1. The van der Waals surface area contributed by atoms with Crippen molar-refractivity contribution in [3.63, 3.8) is 0 Å². The molecule has 1 aliphatic heterocycles. The number of carbonyl (C=O) groups excluding carboxylic acids is 1. The molecule has 0 saturated carbocycles. The fraction of sp³-hybridized carbons (Fsp3) is 0.429. The number of methoxy groups -OCH3 is 1. The van der Waals surface area contributed by atoms with Gasteiger partial charge in [0, 0.05) is 6.42 Å². The molecule has 2 rings (SSSR count). The summed E-state index contributed by atoms with van der Waals surface area (Å²) in [6.07, 6.45) is 0.347. The van der Waals surface area contributed by atoms with Crippen LogP contribution in [0.1, 0.15) is 20.3 Å². The first-order chi connectivity index (χ1) is 9.02. The Morgan fingerprint density at radius 2 is 2.11 bits per heavy atom. The van der Waals surface area contributed by atoms with Gasteiger partial charge in [-0.1, -0.05) is 12.1 Å². The van der Waals surface area contributed by atoms with Gasteiger partial charge in [-0.2, -0.15) is 5.10 Å². The van der Waals surface area contributed by atoms with Crippen molar-refractivity contribution in [1.29, 1.82) is 0 Å². The molecule has 1 N–H and O–H groups in total. The summed E-state index contributed by atoms with van der Waals surface area (Å²) < 4.78 is 10.8. The normalized spacial score (nSPS) is 20.4. The second-order valence-electron chi connectivity index (χ2n) is 5.02. The number of nitrogens with zero attached hydrogens (tertiary/aromatic N) is 1. The molecule has 1 fully saturated rings. The van der Waals surface area contributed by atoms with Crippen molar-refractivity contribution in [2.45, 2.75) is 25.9 Å². The molecule has 5 nitrogen and oxygen atoms in total. The van der Waals surface area contributed by atoms with E-state index in [1.165, 1.54) is 0 Å². The van der Waals surface area contributed by atoms with Gasteiger partial charge in [0.1, 0.15) is 11.5 Å². The lowest BCUT2D eigenvalue weighted by atomic mass is 9.96. The first kappa shape index (κ1) is 13.5. The predicted octanol–water partition coefficient (Wildman–Crippen LogP) is 2.23. The summed E-state index contributed by atoms with van der Waals surface area (Å²) in [4.78, 5) is 11.9. The van der Waals surface area contributed by atoms with Gasteiger partial charge in [-0.25, -0.2) is 0 Å². The fourth-order valence-corrected chi connectivity index (χ4v) is 1.84. The Morgan fingerprint density at radius 3 is 2.79 bits per heavy atom. The first-order valence-corrected chi connectivity index (χ1v) is 6.14. The van der Waals surface area contributed by atoms with Crippen LogP contribution in [-0.4, -0.2) is 30.8 Å². The Hall–Kier alpha value is -1.88. The number of Topliss-reactive ketones (excluding diaryl/α,β-unsaturated/α-hetero) is 1. The highest BCUT2D eigenvalue weighted by atomic mass is 16.5. The minimum Gasteiger partial charge on any atom is -0.495 e. The largest absolute Gasteiger partial charge is 0.495 e. The van der Waals surface area contributed by atoms with Crippen LogP contribution in [0.25, 0.3) is 0 Å². The van der Waals surface area contributed by atoms with Crippen molar-refractivity contribution in [1.82, 2.24) is 0 Å². The molecule has 0 aliphatic carbocycles. The van der Waals surface area contributed by atoms with Gasteiger partial charge in [-0.05, 0) is 26.0 Å². The third kappa shape index (κ3) is 3.32. The van der Waals surface area contributed by atoms with E-state index < -0.39 is 5.60 Å². The van der Waals surface area contributed by atoms with Gasteiger partial charge in [0.2, 0.25) is 0 Å². The maximum Gasteiger partial charge on any atom is 0.184 e. The van der Waals surface area contributed by atoms with E-state index in [0.29, 0.717) is 17.9 Å². The van der Waals surface area contributed by atoms with Gasteiger partial charge in [0.05, 0.1) is 25.0 Å². The Balaban J connectivity index is 2.09. The first-order valence-electron chi connectivity index (χ1n) is 6.14. The van der Waals surface area contributed by atoms with Gasteiger partial charge >= 0.3 is 0 Å². The number of ether oxygens (including phenoxy) is 2. The topological polar surface area (TPSA) is 59.9 Å². The van der Waals surface area contributed by atoms with Crippen molar-refractivity contribution in [3.05, 3.63) is 24.3 Å². The summed E-state index contributed by atoms with van der Waals surface area (Å²) in [6.45, 7) is 4.03. The summed E-state index contributed by atoms with van der Waals surface area (Å²) in [5, 5.41) is 4.12. The molecule has 0 atom stereocenters. The van der Waals surface area contributed by atoms with Crippen molar-refractivity contribution in [2.24, 2.45) is 5.10 Å². The van der Waals surface area contributed by atoms with Crippen LogP contribution in [0.3, 0.4) is 0 Å². The molecule has 0 unspecified atom stereocenters. The van der Waals surface area contributed by atoms with E-state index in [-0.39, 0.29) is 12.4 Å². The van der Waals surface area contributed by atoms with Crippen LogP contribution >= 0.6 is 0 Å². The number of nitrogens with one attached hydrogen (secondary N) is 1. The van der Waals surface area contributed by atoms with E-state index in [2.05, 4.69) is 10.5 Å². The summed E-state index contributed by atoms with van der Waals surface area (Å²) >= 11 is 0. The van der Waals surface area contributed by atoms with Crippen LogP contribution in [0.15, 0.2) is 29.4 Å². The highest BCUT2D eigenvalue weighted by Crippen LogP contribution is 2.24. The van der Waals surface area contributed by atoms with E-state index in [9.17, 15) is 4.79 Å². The van der Waals surface area contributed by atoms with E-state index in [4.69, 9.17) is 9.47 Å². The predicted molar refractivity (Wildman–Crippen MR) is 73.7 cm³/mol. The smallest absolute Gasteiger partial charge is 0.184 e. The molecule has 1 heterocycles. The van der Waals surface area contributed by atoms with Gasteiger partial charge in [-0.3, -0.25) is 10.2 Å². The van der Waals surface area contributed by atoms with Gasteiger partial charge < -0.3 is 9.47 Å². The number of hydrogen-bond donors (Lipinski definition) is 1. The summed E-state index contributed by atoms with van der Waals surface area (Å²) in [7, 11) is 1.59. The van der Waals surface area contributed by atoms with Crippen molar-refractivity contribution < 1.29 is 14.3 Å². The molecule has 1 saturated heterocycles. The standard InChI is InChI=1S/C14H18N2O3/c1-14(2)8-12(17)11(9-19-14)16-15-10-6-4-5-7-13(10)18-3/h4-7,15H,8-9H2,1-3H3. The number of anilines is 1. The molecule has 1 aromatic rings. The molecule has 0 spiro atoms. The van der Waals surface area contributed by atoms with Crippen molar-refractivity contribution in [3.8, 4) is 5.75 Å². The quantitative estimate of drug-likeness (QED) is 0.849. The number of para-hydroxylation sites is 2. The van der Waals surface area contributed by atoms with E-state index in [0.717, 1.165) is 5.69 Å². The van der Waals surface area contributed by atoms with Crippen LogP contribution in [0.5, 0.6) is 5.75 Å². The van der Waals surface area contributed by atoms with Crippen LogP contribution < -0.4 is 10.2 Å². The molecule has 19 heavy (non-hydrogen) atoms. The Kier molecular flexibility index (Phi) is 3.85. The average molecular weight is 262 g/mol. The Bertz CT molecular complexity index is 509. The van der Waals surface area contributed by atoms with Gasteiger partial charge in [-0.15, -0.1) is 0 Å². The summed E-state index contributed by atoms with van der Waals surface area (Å²) in [5.41, 5.74) is 3.58. The van der Waals surface area contributed by atoms with Gasteiger partial charge in [0.15, 0.2) is 5.78 Å². The second-order valence-corrected chi connectivity index (χ2v) is 5.02. The maximum atomic E-state index is 11.9. The minimum absolute atomic E-state index is 0.0126. The molecule has 1 aliphatic rings. The molecule has 0 aromatic heterocycles. The zero-order valence-corrected chi connectivity index (χ0v) is 11.4. The molecule has 1 aromatic carbocycles.